The molecule has 0 saturated heterocycles. The van der Waals surface area contributed by atoms with Crippen LogP contribution < -0.4 is 0 Å². The number of aliphatic hydroxyl groups is 1. The van der Waals surface area contributed by atoms with E-state index in [1.807, 2.05) is 0 Å². The Morgan fingerprint density at radius 1 is 1.00 bits per heavy atom. The fraction of sp³-hybridized carbons (Fsp3) is 0.200. The largest absolute Gasteiger partial charge is 0.481 e. The van der Waals surface area contributed by atoms with Gasteiger partial charge in [-0.1, -0.05) is 30.3 Å². The Hall–Kier alpha value is -1.88. The molecule has 2 unspecified atom stereocenters. The third-order valence-electron chi connectivity index (χ3n) is 1.99. The van der Waals surface area contributed by atoms with Crippen LogP contribution in [0.15, 0.2) is 30.3 Å². The molecule has 80 valence electrons. The van der Waals surface area contributed by atoms with Crippen LogP contribution in [0.4, 0.5) is 0 Å². The van der Waals surface area contributed by atoms with E-state index in [-0.39, 0.29) is 5.56 Å². The summed E-state index contributed by atoms with van der Waals surface area (Å²) >= 11 is 0. The van der Waals surface area contributed by atoms with Gasteiger partial charge in [0, 0.05) is 0 Å². The van der Waals surface area contributed by atoms with Crippen molar-refractivity contribution in [1.82, 2.24) is 0 Å². The van der Waals surface area contributed by atoms with Crippen molar-refractivity contribution in [2.45, 2.75) is 12.0 Å². The molecule has 5 heteroatoms. The maximum absolute atomic E-state index is 10.8. The second kappa shape index (κ2) is 4.56. The number of carbonyl (C=O) groups is 2. The summed E-state index contributed by atoms with van der Waals surface area (Å²) in [6.07, 6.45) is -1.94. The highest BCUT2D eigenvalue weighted by molar-refractivity contribution is 5.85. The molecular formula is C10H10O5. The van der Waals surface area contributed by atoms with E-state index in [1.165, 1.54) is 12.1 Å². The fourth-order valence-electron chi connectivity index (χ4n) is 1.26. The number of rotatable bonds is 4. The summed E-state index contributed by atoms with van der Waals surface area (Å²) in [6.45, 7) is 0. The standard InChI is InChI=1S/C10H10O5/c11-8(10(14)15)7(9(12)13)6-4-2-1-3-5-6/h1-5,7-8,11H,(H,12,13)(H,14,15). The summed E-state index contributed by atoms with van der Waals surface area (Å²) in [5.41, 5.74) is 0.264. The molecule has 0 spiro atoms. The number of carboxylic acid groups (broad SMARTS) is 2. The lowest BCUT2D eigenvalue weighted by atomic mass is 9.93. The molecule has 0 aliphatic carbocycles. The van der Waals surface area contributed by atoms with Gasteiger partial charge in [0.1, 0.15) is 5.92 Å². The van der Waals surface area contributed by atoms with E-state index in [4.69, 9.17) is 10.2 Å². The van der Waals surface area contributed by atoms with Crippen molar-refractivity contribution >= 4 is 11.9 Å². The Morgan fingerprint density at radius 3 is 1.93 bits per heavy atom. The highest BCUT2D eigenvalue weighted by atomic mass is 16.4. The van der Waals surface area contributed by atoms with Crippen LogP contribution in [0.3, 0.4) is 0 Å². The lowest BCUT2D eigenvalue weighted by molar-refractivity contribution is -0.155. The van der Waals surface area contributed by atoms with Crippen LogP contribution in [0.2, 0.25) is 0 Å². The van der Waals surface area contributed by atoms with E-state index >= 15 is 0 Å². The van der Waals surface area contributed by atoms with Crippen molar-refractivity contribution < 1.29 is 24.9 Å². The maximum Gasteiger partial charge on any atom is 0.333 e. The first-order valence-corrected chi connectivity index (χ1v) is 4.22. The minimum atomic E-state index is -1.94. The molecule has 1 aromatic rings. The van der Waals surface area contributed by atoms with Gasteiger partial charge < -0.3 is 15.3 Å². The van der Waals surface area contributed by atoms with Crippen molar-refractivity contribution in [3.8, 4) is 0 Å². The summed E-state index contributed by atoms with van der Waals surface area (Å²) in [7, 11) is 0. The second-order valence-corrected chi connectivity index (χ2v) is 3.01. The van der Waals surface area contributed by atoms with Crippen molar-refractivity contribution in [3.63, 3.8) is 0 Å². The summed E-state index contributed by atoms with van der Waals surface area (Å²) < 4.78 is 0. The van der Waals surface area contributed by atoms with Crippen LogP contribution in [0.5, 0.6) is 0 Å². The summed E-state index contributed by atoms with van der Waals surface area (Å²) in [6, 6.07) is 7.77. The molecule has 0 radical (unpaired) electrons. The average molecular weight is 210 g/mol. The zero-order valence-electron chi connectivity index (χ0n) is 7.70. The molecular weight excluding hydrogens is 200 g/mol. The number of hydrogen-bond donors (Lipinski definition) is 3. The predicted molar refractivity (Wildman–Crippen MR) is 50.5 cm³/mol. The van der Waals surface area contributed by atoms with E-state index in [2.05, 4.69) is 0 Å². The van der Waals surface area contributed by atoms with Crippen molar-refractivity contribution in [2.75, 3.05) is 0 Å². The second-order valence-electron chi connectivity index (χ2n) is 3.01. The normalized spacial score (nSPS) is 14.2. The third-order valence-corrected chi connectivity index (χ3v) is 1.99. The smallest absolute Gasteiger partial charge is 0.333 e. The Labute approximate surface area is 85.6 Å². The zero-order valence-corrected chi connectivity index (χ0v) is 7.70. The van der Waals surface area contributed by atoms with Gasteiger partial charge in [-0.05, 0) is 5.56 Å². The maximum atomic E-state index is 10.8. The highest BCUT2D eigenvalue weighted by Gasteiger charge is 2.33. The van der Waals surface area contributed by atoms with Crippen LogP contribution in [-0.2, 0) is 9.59 Å². The van der Waals surface area contributed by atoms with Crippen LogP contribution in [0.25, 0.3) is 0 Å². The molecule has 15 heavy (non-hydrogen) atoms. The van der Waals surface area contributed by atoms with E-state index in [0.717, 1.165) is 0 Å². The molecule has 0 heterocycles. The van der Waals surface area contributed by atoms with Gasteiger partial charge in [-0.2, -0.15) is 0 Å². The summed E-state index contributed by atoms with van der Waals surface area (Å²) in [5.74, 6) is -4.36. The predicted octanol–water partition coefficient (Wildman–Crippen LogP) is 0.300. The first kappa shape index (κ1) is 11.2. The molecule has 0 saturated carbocycles. The van der Waals surface area contributed by atoms with Gasteiger partial charge in [0.05, 0.1) is 0 Å². The van der Waals surface area contributed by atoms with Crippen molar-refractivity contribution in [2.24, 2.45) is 0 Å². The number of hydrogen-bond acceptors (Lipinski definition) is 3. The zero-order chi connectivity index (χ0) is 11.4. The molecule has 0 amide bonds. The van der Waals surface area contributed by atoms with Crippen LogP contribution >= 0.6 is 0 Å². The Morgan fingerprint density at radius 2 is 1.53 bits per heavy atom. The quantitative estimate of drug-likeness (QED) is 0.664. The molecule has 1 rings (SSSR count). The van der Waals surface area contributed by atoms with Crippen LogP contribution in [0, 0.1) is 0 Å². The average Bonchev–Trinajstić information content (AvgIpc) is 2.18. The molecule has 0 aliphatic heterocycles. The van der Waals surface area contributed by atoms with Gasteiger partial charge in [-0.25, -0.2) is 4.79 Å². The molecule has 2 atom stereocenters. The molecule has 3 N–H and O–H groups in total. The SMILES string of the molecule is O=C(O)C(O)C(C(=O)O)c1ccccc1. The minimum absolute atomic E-state index is 0.264. The van der Waals surface area contributed by atoms with Gasteiger partial charge in [-0.3, -0.25) is 4.79 Å². The topological polar surface area (TPSA) is 94.8 Å². The molecule has 0 bridgehead atoms. The van der Waals surface area contributed by atoms with Gasteiger partial charge in [-0.15, -0.1) is 0 Å². The highest BCUT2D eigenvalue weighted by Crippen LogP contribution is 2.20. The number of benzene rings is 1. The summed E-state index contributed by atoms with van der Waals surface area (Å²) in [5, 5.41) is 26.6. The van der Waals surface area contributed by atoms with E-state index in [9.17, 15) is 14.7 Å². The molecule has 1 aromatic carbocycles. The lowest BCUT2D eigenvalue weighted by Crippen LogP contribution is -2.32. The Bertz CT molecular complexity index is 359. The molecule has 5 nitrogen and oxygen atoms in total. The first-order valence-electron chi connectivity index (χ1n) is 4.22. The van der Waals surface area contributed by atoms with Gasteiger partial charge in [0.25, 0.3) is 0 Å². The number of carboxylic acids is 2. The Balaban J connectivity index is 3.04. The van der Waals surface area contributed by atoms with Crippen LogP contribution in [0.1, 0.15) is 11.5 Å². The summed E-state index contributed by atoms with van der Waals surface area (Å²) in [4.78, 5) is 21.3. The molecule has 0 aromatic heterocycles. The Kier molecular flexibility index (Phi) is 3.41. The number of aliphatic carboxylic acids is 2. The van der Waals surface area contributed by atoms with Crippen molar-refractivity contribution in [3.05, 3.63) is 35.9 Å². The third kappa shape index (κ3) is 2.54. The van der Waals surface area contributed by atoms with Gasteiger partial charge >= 0.3 is 11.9 Å². The molecule has 0 fully saturated rings. The minimum Gasteiger partial charge on any atom is -0.481 e. The number of aliphatic hydroxyl groups excluding tert-OH is 1. The fourth-order valence-corrected chi connectivity index (χ4v) is 1.26. The van der Waals surface area contributed by atoms with Gasteiger partial charge in [0.15, 0.2) is 6.10 Å². The van der Waals surface area contributed by atoms with Crippen LogP contribution in [-0.4, -0.2) is 33.4 Å². The lowest BCUT2D eigenvalue weighted by Gasteiger charge is -2.15. The van der Waals surface area contributed by atoms with Gasteiger partial charge in [0.2, 0.25) is 0 Å². The van der Waals surface area contributed by atoms with E-state index < -0.39 is 24.0 Å². The first-order chi connectivity index (χ1) is 7.04. The van der Waals surface area contributed by atoms with E-state index in [1.54, 1.807) is 18.2 Å². The van der Waals surface area contributed by atoms with E-state index in [0.29, 0.717) is 0 Å². The monoisotopic (exact) mass is 210 g/mol. The molecule has 0 aliphatic rings. The van der Waals surface area contributed by atoms with Crippen molar-refractivity contribution in [1.29, 1.82) is 0 Å².